The van der Waals surface area contributed by atoms with E-state index in [1.807, 2.05) is 0 Å². The number of benzene rings is 1. The number of nitriles is 1. The molecule has 0 saturated carbocycles. The molecule has 0 aliphatic carbocycles. The molecule has 0 amide bonds. The molecule has 2 atom stereocenters. The quantitative estimate of drug-likeness (QED) is 0.853. The van der Waals surface area contributed by atoms with Gasteiger partial charge in [0.15, 0.2) is 5.78 Å². The second-order valence-electron chi connectivity index (χ2n) is 5.66. The fraction of sp³-hybridized carbons (Fsp3) is 0.500. The molecule has 5 nitrogen and oxygen atoms in total. The predicted molar refractivity (Wildman–Crippen MR) is 76.3 cm³/mol. The molecular weight excluding hydrogens is 268 g/mol. The highest BCUT2D eigenvalue weighted by Crippen LogP contribution is 2.29. The maximum atomic E-state index is 12.7. The second kappa shape index (κ2) is 5.84. The summed E-state index contributed by atoms with van der Waals surface area (Å²) in [5.74, 6) is 0.611. The Labute approximate surface area is 123 Å². The van der Waals surface area contributed by atoms with Gasteiger partial charge in [0.05, 0.1) is 25.9 Å². The van der Waals surface area contributed by atoms with Crippen molar-refractivity contribution in [2.45, 2.75) is 24.9 Å². The van der Waals surface area contributed by atoms with E-state index < -0.39 is 0 Å². The van der Waals surface area contributed by atoms with E-state index >= 15 is 0 Å². The average molecular weight is 286 g/mol. The van der Waals surface area contributed by atoms with E-state index in [-0.39, 0.29) is 23.8 Å². The van der Waals surface area contributed by atoms with Crippen LogP contribution in [0.5, 0.6) is 5.75 Å². The second-order valence-corrected chi connectivity index (χ2v) is 5.66. The van der Waals surface area contributed by atoms with Gasteiger partial charge < -0.3 is 14.8 Å². The summed E-state index contributed by atoms with van der Waals surface area (Å²) in [5, 5.41) is 12.5. The van der Waals surface area contributed by atoms with Crippen LogP contribution < -0.4 is 10.1 Å². The summed E-state index contributed by atoms with van der Waals surface area (Å²) in [6, 6.07) is 7.65. The van der Waals surface area contributed by atoms with Crippen molar-refractivity contribution in [1.82, 2.24) is 5.32 Å². The van der Waals surface area contributed by atoms with E-state index in [2.05, 4.69) is 11.4 Å². The maximum Gasteiger partial charge on any atom is 0.166 e. The minimum absolute atomic E-state index is 0.0165. The number of ether oxygens (including phenoxy) is 2. The number of nitrogens with zero attached hydrogens (tertiary/aromatic N) is 1. The highest BCUT2D eigenvalue weighted by Gasteiger charge is 2.35. The highest BCUT2D eigenvalue weighted by atomic mass is 16.5. The largest absolute Gasteiger partial charge is 0.495 e. The third kappa shape index (κ3) is 2.78. The fourth-order valence-electron chi connectivity index (χ4n) is 3.22. The summed E-state index contributed by atoms with van der Waals surface area (Å²) in [6.45, 7) is 1.36. The number of carbonyl (C=O) groups excluding carboxylic acids is 1. The van der Waals surface area contributed by atoms with Crippen molar-refractivity contribution in [3.05, 3.63) is 29.3 Å². The lowest BCUT2D eigenvalue weighted by Gasteiger charge is -2.39. The van der Waals surface area contributed by atoms with Crippen LogP contribution in [0.15, 0.2) is 18.2 Å². The molecule has 2 heterocycles. The van der Waals surface area contributed by atoms with Gasteiger partial charge in [0.25, 0.3) is 0 Å². The average Bonchev–Trinajstić information content (AvgIpc) is 2.53. The Kier molecular flexibility index (Phi) is 3.91. The number of fused-ring (bicyclic) bond motifs is 2. The number of ketones is 1. The Morgan fingerprint density at radius 3 is 2.71 bits per heavy atom. The van der Waals surface area contributed by atoms with Crippen molar-refractivity contribution in [2.75, 3.05) is 20.3 Å². The van der Waals surface area contributed by atoms with Crippen LogP contribution in [0.1, 0.15) is 28.8 Å². The van der Waals surface area contributed by atoms with Gasteiger partial charge in [-0.05, 0) is 31.0 Å². The first-order valence-electron chi connectivity index (χ1n) is 7.17. The molecule has 2 fully saturated rings. The molecule has 2 saturated heterocycles. The first kappa shape index (κ1) is 14.1. The van der Waals surface area contributed by atoms with E-state index in [1.54, 1.807) is 18.2 Å². The molecule has 21 heavy (non-hydrogen) atoms. The van der Waals surface area contributed by atoms with Crippen molar-refractivity contribution in [3.8, 4) is 11.8 Å². The number of methoxy groups -OCH3 is 1. The lowest BCUT2D eigenvalue weighted by Crippen LogP contribution is -2.55. The van der Waals surface area contributed by atoms with Crippen molar-refractivity contribution in [1.29, 1.82) is 5.26 Å². The number of carbonyl (C=O) groups is 1. The topological polar surface area (TPSA) is 71.3 Å². The molecule has 1 aromatic rings. The highest BCUT2D eigenvalue weighted by molar-refractivity contribution is 5.98. The Bertz CT molecular complexity index is 582. The van der Waals surface area contributed by atoms with Gasteiger partial charge in [0.1, 0.15) is 11.8 Å². The lowest BCUT2D eigenvalue weighted by atomic mass is 9.82. The van der Waals surface area contributed by atoms with Crippen LogP contribution in [0.25, 0.3) is 0 Å². The summed E-state index contributed by atoms with van der Waals surface area (Å²) in [5.41, 5.74) is 1.07. The van der Waals surface area contributed by atoms with Gasteiger partial charge in [-0.25, -0.2) is 0 Å². The number of Topliss-reactive ketones (excluding diaryl/α,β-unsaturated/α-hetero) is 1. The van der Waals surface area contributed by atoms with Crippen LogP contribution in [0.2, 0.25) is 0 Å². The van der Waals surface area contributed by atoms with E-state index in [9.17, 15) is 4.79 Å². The minimum Gasteiger partial charge on any atom is -0.495 e. The van der Waals surface area contributed by atoms with Crippen molar-refractivity contribution in [2.24, 2.45) is 5.92 Å². The Balaban J connectivity index is 1.80. The fourth-order valence-corrected chi connectivity index (χ4v) is 3.22. The van der Waals surface area contributed by atoms with E-state index in [4.69, 9.17) is 14.7 Å². The number of hydrogen-bond acceptors (Lipinski definition) is 5. The molecule has 1 N–H and O–H groups in total. The summed E-state index contributed by atoms with van der Waals surface area (Å²) in [7, 11) is 1.51. The lowest BCUT2D eigenvalue weighted by molar-refractivity contribution is 0.00952. The van der Waals surface area contributed by atoms with Gasteiger partial charge in [-0.2, -0.15) is 5.26 Å². The molecule has 2 aliphatic heterocycles. The molecule has 5 heteroatoms. The third-order valence-corrected chi connectivity index (χ3v) is 4.22. The van der Waals surface area contributed by atoms with Crippen molar-refractivity contribution in [3.63, 3.8) is 0 Å². The standard InChI is InChI=1S/C16H18N2O3/c1-20-15-6-10(2-3-11(15)7-17)16(19)12-4-13-8-21-9-14(5-12)18-13/h2-3,6,12-14,18H,4-5,8-9H2,1H3. The van der Waals surface area contributed by atoms with E-state index in [0.29, 0.717) is 30.1 Å². The number of piperidine rings is 1. The molecular formula is C16H18N2O3. The molecule has 110 valence electrons. The summed E-state index contributed by atoms with van der Waals surface area (Å²) < 4.78 is 10.7. The van der Waals surface area contributed by atoms with Crippen LogP contribution in [0, 0.1) is 17.2 Å². The van der Waals surface area contributed by atoms with Gasteiger partial charge in [-0.1, -0.05) is 0 Å². The van der Waals surface area contributed by atoms with Gasteiger partial charge >= 0.3 is 0 Å². The van der Waals surface area contributed by atoms with Crippen LogP contribution in [-0.4, -0.2) is 38.2 Å². The molecule has 0 spiro atoms. The van der Waals surface area contributed by atoms with Gasteiger partial charge in [-0.15, -0.1) is 0 Å². The van der Waals surface area contributed by atoms with Crippen molar-refractivity contribution < 1.29 is 14.3 Å². The third-order valence-electron chi connectivity index (χ3n) is 4.22. The number of morpholine rings is 1. The SMILES string of the molecule is COc1cc(C(=O)C2CC3COCC(C2)N3)ccc1C#N. The summed E-state index contributed by atoms with van der Waals surface area (Å²) in [6.07, 6.45) is 1.61. The zero-order valence-corrected chi connectivity index (χ0v) is 12.0. The predicted octanol–water partition coefficient (Wildman–Crippen LogP) is 1.52. The zero-order chi connectivity index (χ0) is 14.8. The monoisotopic (exact) mass is 286 g/mol. The van der Waals surface area contributed by atoms with Gasteiger partial charge in [0, 0.05) is 23.6 Å². The van der Waals surface area contributed by atoms with Crippen LogP contribution >= 0.6 is 0 Å². The van der Waals surface area contributed by atoms with Crippen LogP contribution in [-0.2, 0) is 4.74 Å². The van der Waals surface area contributed by atoms with Gasteiger partial charge in [-0.3, -0.25) is 4.79 Å². The number of nitrogens with one attached hydrogen (secondary N) is 1. The van der Waals surface area contributed by atoms with E-state index in [1.165, 1.54) is 7.11 Å². The zero-order valence-electron chi connectivity index (χ0n) is 12.0. The normalized spacial score (nSPS) is 27.7. The Morgan fingerprint density at radius 1 is 1.38 bits per heavy atom. The maximum absolute atomic E-state index is 12.7. The molecule has 2 bridgehead atoms. The molecule has 2 unspecified atom stereocenters. The first-order chi connectivity index (χ1) is 10.2. The van der Waals surface area contributed by atoms with Crippen LogP contribution in [0.3, 0.4) is 0 Å². The summed E-state index contributed by atoms with van der Waals surface area (Å²) >= 11 is 0. The Hall–Kier alpha value is -1.90. The first-order valence-corrected chi connectivity index (χ1v) is 7.17. The van der Waals surface area contributed by atoms with Crippen LogP contribution in [0.4, 0.5) is 0 Å². The van der Waals surface area contributed by atoms with E-state index in [0.717, 1.165) is 12.8 Å². The number of hydrogen-bond donors (Lipinski definition) is 1. The summed E-state index contributed by atoms with van der Waals surface area (Å²) in [4.78, 5) is 12.7. The molecule has 2 aliphatic rings. The molecule has 0 aromatic heterocycles. The molecule has 0 radical (unpaired) electrons. The Morgan fingerprint density at radius 2 is 2.10 bits per heavy atom. The molecule has 3 rings (SSSR count). The number of rotatable bonds is 3. The minimum atomic E-state index is 0.0165. The van der Waals surface area contributed by atoms with Crippen molar-refractivity contribution >= 4 is 5.78 Å². The van der Waals surface area contributed by atoms with Gasteiger partial charge in [0.2, 0.25) is 0 Å². The smallest absolute Gasteiger partial charge is 0.166 e. The molecule has 1 aromatic carbocycles.